The lowest BCUT2D eigenvalue weighted by molar-refractivity contribution is 0.0697. The van der Waals surface area contributed by atoms with Gasteiger partial charge in [0.05, 0.1) is 5.56 Å². The Morgan fingerprint density at radius 3 is 2.60 bits per heavy atom. The summed E-state index contributed by atoms with van der Waals surface area (Å²) in [5, 5.41) is 12.4. The number of halogens is 1. The lowest BCUT2D eigenvalue weighted by Crippen LogP contribution is -2.21. The molecule has 1 heterocycles. The van der Waals surface area contributed by atoms with Gasteiger partial charge in [-0.1, -0.05) is 37.8 Å². The third-order valence-corrected chi connectivity index (χ3v) is 4.35. The third kappa shape index (κ3) is 4.10. The van der Waals surface area contributed by atoms with Gasteiger partial charge in [-0.2, -0.15) is 0 Å². The van der Waals surface area contributed by atoms with E-state index in [0.717, 1.165) is 12.5 Å². The first-order chi connectivity index (χ1) is 9.58. The Labute approximate surface area is 124 Å². The fraction of sp³-hybridized carbons (Fsp3) is 0.600. The Bertz CT molecular complexity index is 471. The summed E-state index contributed by atoms with van der Waals surface area (Å²) in [5.74, 6) is 1.09. The topological polar surface area (TPSA) is 62.2 Å². The molecule has 0 amide bonds. The Morgan fingerprint density at radius 1 is 1.35 bits per heavy atom. The number of carboxylic acid groups (broad SMARTS) is 1. The molecule has 2 N–H and O–H groups in total. The number of aromatic carboxylic acids is 1. The maximum atomic E-state index is 11.0. The van der Waals surface area contributed by atoms with Crippen molar-refractivity contribution in [2.75, 3.05) is 11.9 Å². The molecule has 0 spiro atoms. The van der Waals surface area contributed by atoms with E-state index in [1.54, 1.807) is 0 Å². The summed E-state index contributed by atoms with van der Waals surface area (Å²) in [6.07, 6.45) is 6.34. The van der Waals surface area contributed by atoms with E-state index in [2.05, 4.69) is 17.2 Å². The number of anilines is 1. The Balaban J connectivity index is 1.89. The predicted octanol–water partition coefficient (Wildman–Crippen LogP) is 4.06. The van der Waals surface area contributed by atoms with Crippen molar-refractivity contribution in [3.63, 3.8) is 0 Å². The van der Waals surface area contributed by atoms with Gasteiger partial charge in [0.15, 0.2) is 0 Å². The van der Waals surface area contributed by atoms with E-state index in [1.807, 2.05) is 0 Å². The van der Waals surface area contributed by atoms with Crippen LogP contribution < -0.4 is 5.32 Å². The molecule has 0 atom stereocenters. The molecule has 1 fully saturated rings. The number of carboxylic acids is 1. The van der Waals surface area contributed by atoms with Crippen LogP contribution in [0.25, 0.3) is 0 Å². The highest BCUT2D eigenvalue weighted by molar-refractivity contribution is 6.29. The predicted molar refractivity (Wildman–Crippen MR) is 80.4 cm³/mol. The van der Waals surface area contributed by atoms with Gasteiger partial charge in [-0.25, -0.2) is 9.78 Å². The minimum Gasteiger partial charge on any atom is -0.478 e. The van der Waals surface area contributed by atoms with Gasteiger partial charge in [0.25, 0.3) is 0 Å². The summed E-state index contributed by atoms with van der Waals surface area (Å²) >= 11 is 5.84. The molecule has 1 aromatic heterocycles. The van der Waals surface area contributed by atoms with Gasteiger partial charge < -0.3 is 10.4 Å². The monoisotopic (exact) mass is 296 g/mol. The fourth-order valence-electron chi connectivity index (χ4n) is 2.80. The highest BCUT2D eigenvalue weighted by atomic mass is 35.5. The van der Waals surface area contributed by atoms with Crippen LogP contribution in [-0.2, 0) is 0 Å². The maximum absolute atomic E-state index is 11.0. The fourth-order valence-corrected chi connectivity index (χ4v) is 3.01. The molecule has 0 saturated heterocycles. The van der Waals surface area contributed by atoms with E-state index in [-0.39, 0.29) is 10.7 Å². The van der Waals surface area contributed by atoms with E-state index in [4.69, 9.17) is 16.7 Å². The van der Waals surface area contributed by atoms with Crippen LogP contribution >= 0.6 is 11.6 Å². The van der Waals surface area contributed by atoms with Crippen LogP contribution in [0, 0.1) is 11.8 Å². The van der Waals surface area contributed by atoms with Crippen LogP contribution in [0.1, 0.15) is 49.4 Å². The normalized spacial score (nSPS) is 22.5. The minimum absolute atomic E-state index is 0.169. The number of pyridine rings is 1. The maximum Gasteiger partial charge on any atom is 0.335 e. The summed E-state index contributed by atoms with van der Waals surface area (Å²) in [6, 6.07) is 2.90. The summed E-state index contributed by atoms with van der Waals surface area (Å²) in [6.45, 7) is 3.09. The molecule has 4 nitrogen and oxygen atoms in total. The van der Waals surface area contributed by atoms with Crippen molar-refractivity contribution >= 4 is 23.4 Å². The first-order valence-electron chi connectivity index (χ1n) is 7.23. The number of carbonyl (C=O) groups is 1. The van der Waals surface area contributed by atoms with Crippen LogP contribution in [0.3, 0.4) is 0 Å². The van der Waals surface area contributed by atoms with Crippen molar-refractivity contribution < 1.29 is 9.90 Å². The lowest BCUT2D eigenvalue weighted by Gasteiger charge is -2.28. The Kier molecular flexibility index (Phi) is 5.24. The summed E-state index contributed by atoms with van der Waals surface area (Å²) < 4.78 is 0. The Morgan fingerprint density at radius 2 is 2.00 bits per heavy atom. The SMILES string of the molecule is CCC1CCC(CNc2cc(C(=O)O)cc(Cl)n2)CC1. The average Bonchev–Trinajstić information content (AvgIpc) is 2.45. The van der Waals surface area contributed by atoms with E-state index in [0.29, 0.717) is 11.7 Å². The highest BCUT2D eigenvalue weighted by Gasteiger charge is 2.20. The second-order valence-corrected chi connectivity index (χ2v) is 5.93. The second-order valence-electron chi connectivity index (χ2n) is 5.54. The third-order valence-electron chi connectivity index (χ3n) is 4.16. The van der Waals surface area contributed by atoms with Crippen LogP contribution in [0.4, 0.5) is 5.82 Å². The first-order valence-corrected chi connectivity index (χ1v) is 7.61. The molecule has 0 aliphatic heterocycles. The minimum atomic E-state index is -0.985. The summed E-state index contributed by atoms with van der Waals surface area (Å²) in [5.41, 5.74) is 0.169. The lowest BCUT2D eigenvalue weighted by atomic mass is 9.81. The number of hydrogen-bond donors (Lipinski definition) is 2. The standard InChI is InChI=1S/C15H21ClN2O2/c1-2-10-3-5-11(6-4-10)9-17-14-8-12(15(19)20)7-13(16)18-14/h7-8,10-11H,2-6,9H2,1H3,(H,17,18)(H,19,20). The van der Waals surface area contributed by atoms with E-state index >= 15 is 0 Å². The van der Waals surface area contributed by atoms with Gasteiger partial charge in [-0.05, 0) is 36.8 Å². The van der Waals surface area contributed by atoms with Crippen molar-refractivity contribution in [3.05, 3.63) is 22.8 Å². The molecule has 110 valence electrons. The number of nitrogens with zero attached hydrogens (tertiary/aromatic N) is 1. The smallest absolute Gasteiger partial charge is 0.335 e. The number of hydrogen-bond acceptors (Lipinski definition) is 3. The van der Waals surface area contributed by atoms with E-state index < -0.39 is 5.97 Å². The van der Waals surface area contributed by atoms with Crippen LogP contribution in [0.15, 0.2) is 12.1 Å². The van der Waals surface area contributed by atoms with Gasteiger partial charge in [0.2, 0.25) is 0 Å². The summed E-state index contributed by atoms with van der Waals surface area (Å²) in [4.78, 5) is 15.1. The van der Waals surface area contributed by atoms with Crippen molar-refractivity contribution in [1.82, 2.24) is 4.98 Å². The van der Waals surface area contributed by atoms with Gasteiger partial charge >= 0.3 is 5.97 Å². The van der Waals surface area contributed by atoms with Crippen molar-refractivity contribution in [2.45, 2.75) is 39.0 Å². The molecule has 0 unspecified atom stereocenters. The molecule has 0 aromatic carbocycles. The van der Waals surface area contributed by atoms with Crippen LogP contribution in [0.2, 0.25) is 5.15 Å². The Hall–Kier alpha value is -1.29. The molecule has 20 heavy (non-hydrogen) atoms. The molecule has 0 radical (unpaired) electrons. The number of aromatic nitrogens is 1. The van der Waals surface area contributed by atoms with Gasteiger partial charge in [0, 0.05) is 6.54 Å². The van der Waals surface area contributed by atoms with Crippen molar-refractivity contribution in [2.24, 2.45) is 11.8 Å². The molecular weight excluding hydrogens is 276 g/mol. The number of rotatable bonds is 5. The second kappa shape index (κ2) is 6.93. The van der Waals surface area contributed by atoms with Gasteiger partial charge in [-0.3, -0.25) is 0 Å². The first kappa shape index (κ1) is 15.1. The molecular formula is C15H21ClN2O2. The summed E-state index contributed by atoms with van der Waals surface area (Å²) in [7, 11) is 0. The van der Waals surface area contributed by atoms with Gasteiger partial charge in [0.1, 0.15) is 11.0 Å². The molecule has 1 saturated carbocycles. The van der Waals surface area contributed by atoms with Crippen molar-refractivity contribution in [1.29, 1.82) is 0 Å². The highest BCUT2D eigenvalue weighted by Crippen LogP contribution is 2.30. The zero-order valence-corrected chi connectivity index (χ0v) is 12.5. The van der Waals surface area contributed by atoms with E-state index in [9.17, 15) is 4.79 Å². The van der Waals surface area contributed by atoms with Gasteiger partial charge in [-0.15, -0.1) is 0 Å². The largest absolute Gasteiger partial charge is 0.478 e. The molecule has 5 heteroatoms. The van der Waals surface area contributed by atoms with E-state index in [1.165, 1.54) is 44.2 Å². The zero-order chi connectivity index (χ0) is 14.5. The molecule has 2 rings (SSSR count). The van der Waals surface area contributed by atoms with Crippen LogP contribution in [-0.4, -0.2) is 22.6 Å². The molecule has 1 aliphatic rings. The quantitative estimate of drug-likeness (QED) is 0.804. The average molecular weight is 297 g/mol. The number of nitrogens with one attached hydrogen (secondary N) is 1. The van der Waals surface area contributed by atoms with Crippen molar-refractivity contribution in [3.8, 4) is 0 Å². The zero-order valence-electron chi connectivity index (χ0n) is 11.7. The molecule has 1 aliphatic carbocycles. The van der Waals surface area contributed by atoms with Crippen LogP contribution in [0.5, 0.6) is 0 Å². The molecule has 0 bridgehead atoms. The molecule has 1 aromatic rings.